The third-order valence-corrected chi connectivity index (χ3v) is 1.99. The molecule has 0 aliphatic heterocycles. The summed E-state index contributed by atoms with van der Waals surface area (Å²) < 4.78 is 42.9. The van der Waals surface area contributed by atoms with E-state index in [9.17, 15) is 18.0 Å². The second kappa shape index (κ2) is 5.46. The highest BCUT2D eigenvalue weighted by molar-refractivity contribution is 5.67. The lowest BCUT2D eigenvalue weighted by Crippen LogP contribution is -2.32. The normalized spacial score (nSPS) is 12.1. The number of aromatic nitrogens is 1. The van der Waals surface area contributed by atoms with Crippen molar-refractivity contribution in [3.63, 3.8) is 0 Å². The van der Waals surface area contributed by atoms with Gasteiger partial charge in [0.2, 0.25) is 0 Å². The maximum absolute atomic E-state index is 12.7. The number of carbonyl (C=O) groups excluding carboxylic acids is 1. The van der Waals surface area contributed by atoms with Crippen molar-refractivity contribution in [3.05, 3.63) is 29.6 Å². The molecule has 1 amide bonds. The fourth-order valence-corrected chi connectivity index (χ4v) is 1.31. The number of nitrogens with one attached hydrogen (secondary N) is 1. The number of hydrogen-bond acceptors (Lipinski definition) is 3. The molecule has 4 nitrogen and oxygen atoms in total. The van der Waals surface area contributed by atoms with Crippen LogP contribution in [0.2, 0.25) is 0 Å². The zero-order valence-electron chi connectivity index (χ0n) is 10.8. The molecule has 1 heterocycles. The van der Waals surface area contributed by atoms with Crippen LogP contribution >= 0.6 is 0 Å². The molecular formula is C12H15F3N2O2. The van der Waals surface area contributed by atoms with Crippen LogP contribution in [0.5, 0.6) is 0 Å². The lowest BCUT2D eigenvalue weighted by molar-refractivity contribution is -0.138. The zero-order chi connectivity index (χ0) is 14.7. The molecular weight excluding hydrogens is 261 g/mol. The Hall–Kier alpha value is -1.79. The van der Waals surface area contributed by atoms with Crippen LogP contribution in [0.25, 0.3) is 0 Å². The lowest BCUT2D eigenvalue weighted by Gasteiger charge is -2.20. The molecule has 0 bridgehead atoms. The number of alkyl halides is 3. The van der Waals surface area contributed by atoms with Gasteiger partial charge in [0.05, 0.1) is 17.8 Å². The van der Waals surface area contributed by atoms with Gasteiger partial charge in [-0.25, -0.2) is 4.79 Å². The van der Waals surface area contributed by atoms with E-state index in [1.165, 1.54) is 12.3 Å². The average Bonchev–Trinajstić information content (AvgIpc) is 2.23. The van der Waals surface area contributed by atoms with Gasteiger partial charge in [-0.2, -0.15) is 13.2 Å². The van der Waals surface area contributed by atoms with E-state index < -0.39 is 23.4 Å². The Morgan fingerprint density at radius 2 is 2.00 bits per heavy atom. The second-order valence-corrected chi connectivity index (χ2v) is 4.85. The second-order valence-electron chi connectivity index (χ2n) is 4.85. The van der Waals surface area contributed by atoms with Gasteiger partial charge in [0, 0.05) is 6.20 Å². The van der Waals surface area contributed by atoms with Gasteiger partial charge < -0.3 is 10.1 Å². The van der Waals surface area contributed by atoms with Crippen molar-refractivity contribution < 1.29 is 22.7 Å². The van der Waals surface area contributed by atoms with Crippen LogP contribution in [0.3, 0.4) is 0 Å². The molecule has 0 fully saturated rings. The Morgan fingerprint density at radius 1 is 1.37 bits per heavy atom. The van der Waals surface area contributed by atoms with E-state index in [4.69, 9.17) is 4.74 Å². The maximum atomic E-state index is 12.7. The van der Waals surface area contributed by atoms with Crippen molar-refractivity contribution in [3.8, 4) is 0 Å². The Kier molecular flexibility index (Phi) is 4.39. The number of pyridine rings is 1. The van der Waals surface area contributed by atoms with Gasteiger partial charge in [0.15, 0.2) is 0 Å². The van der Waals surface area contributed by atoms with E-state index in [0.717, 1.165) is 6.07 Å². The van der Waals surface area contributed by atoms with Crippen molar-refractivity contribution >= 4 is 6.09 Å². The maximum Gasteiger partial charge on any atom is 0.418 e. The van der Waals surface area contributed by atoms with Crippen molar-refractivity contribution in [2.75, 3.05) is 0 Å². The van der Waals surface area contributed by atoms with Crippen molar-refractivity contribution in [1.82, 2.24) is 10.3 Å². The van der Waals surface area contributed by atoms with Crippen molar-refractivity contribution in [1.29, 1.82) is 0 Å². The summed E-state index contributed by atoms with van der Waals surface area (Å²) in [5.74, 6) is 0. The van der Waals surface area contributed by atoms with Gasteiger partial charge in [-0.05, 0) is 32.9 Å². The summed E-state index contributed by atoms with van der Waals surface area (Å²) in [7, 11) is 0. The van der Waals surface area contributed by atoms with Gasteiger partial charge >= 0.3 is 12.3 Å². The molecule has 0 unspecified atom stereocenters. The summed E-state index contributed by atoms with van der Waals surface area (Å²) in [4.78, 5) is 15.0. The molecule has 106 valence electrons. The van der Waals surface area contributed by atoms with Gasteiger partial charge in [-0.15, -0.1) is 0 Å². The fourth-order valence-electron chi connectivity index (χ4n) is 1.31. The molecule has 0 saturated heterocycles. The number of halogens is 3. The van der Waals surface area contributed by atoms with Gasteiger partial charge in [0.25, 0.3) is 0 Å². The van der Waals surface area contributed by atoms with Crippen LogP contribution in [-0.2, 0) is 17.5 Å². The molecule has 1 aromatic heterocycles. The third kappa shape index (κ3) is 5.15. The summed E-state index contributed by atoms with van der Waals surface area (Å²) in [6.45, 7) is 4.64. The van der Waals surface area contributed by atoms with E-state index in [0.29, 0.717) is 0 Å². The van der Waals surface area contributed by atoms with Crippen LogP contribution in [0, 0.1) is 0 Å². The molecule has 1 rings (SSSR count). The number of rotatable bonds is 2. The average molecular weight is 276 g/mol. The quantitative estimate of drug-likeness (QED) is 0.902. The van der Waals surface area contributed by atoms with Crippen molar-refractivity contribution in [2.24, 2.45) is 0 Å². The predicted molar refractivity (Wildman–Crippen MR) is 62.3 cm³/mol. The van der Waals surface area contributed by atoms with E-state index in [2.05, 4.69) is 10.3 Å². The molecule has 1 N–H and O–H groups in total. The van der Waals surface area contributed by atoms with Crippen LogP contribution in [-0.4, -0.2) is 16.7 Å². The summed E-state index contributed by atoms with van der Waals surface area (Å²) in [5, 5.41) is 2.24. The first-order chi connectivity index (χ1) is 8.59. The highest BCUT2D eigenvalue weighted by Crippen LogP contribution is 2.30. The molecule has 19 heavy (non-hydrogen) atoms. The summed E-state index contributed by atoms with van der Waals surface area (Å²) in [6, 6.07) is 2.11. The standard InChI is InChI=1S/C12H15F3N2O2/c1-11(2,3)19-10(18)17-7-9-8(12(13,14)15)5-4-6-16-9/h4-6H,7H2,1-3H3,(H,17,18). The molecule has 0 saturated carbocycles. The third-order valence-electron chi connectivity index (χ3n) is 1.99. The first-order valence-corrected chi connectivity index (χ1v) is 5.57. The van der Waals surface area contributed by atoms with E-state index in [-0.39, 0.29) is 12.2 Å². The predicted octanol–water partition coefficient (Wildman–Crippen LogP) is 3.13. The monoisotopic (exact) mass is 276 g/mol. The molecule has 0 aliphatic carbocycles. The summed E-state index contributed by atoms with van der Waals surface area (Å²) >= 11 is 0. The fraction of sp³-hybridized carbons (Fsp3) is 0.500. The molecule has 0 atom stereocenters. The van der Waals surface area contributed by atoms with Crippen LogP contribution in [0.15, 0.2) is 18.3 Å². The Balaban J connectivity index is 2.71. The van der Waals surface area contributed by atoms with Crippen molar-refractivity contribution in [2.45, 2.75) is 39.1 Å². The number of amides is 1. The number of nitrogens with zero attached hydrogens (tertiary/aromatic N) is 1. The summed E-state index contributed by atoms with van der Waals surface area (Å²) in [6.07, 6.45) is -4.05. The topological polar surface area (TPSA) is 51.2 Å². The van der Waals surface area contributed by atoms with Gasteiger partial charge in [-0.3, -0.25) is 4.98 Å². The number of carbonyl (C=O) groups is 1. The first-order valence-electron chi connectivity index (χ1n) is 5.57. The Labute approximate surface area is 109 Å². The lowest BCUT2D eigenvalue weighted by atomic mass is 10.2. The van der Waals surface area contributed by atoms with E-state index in [1.807, 2.05) is 0 Å². The Morgan fingerprint density at radius 3 is 2.53 bits per heavy atom. The molecule has 7 heteroatoms. The highest BCUT2D eigenvalue weighted by atomic mass is 19.4. The molecule has 1 aromatic rings. The molecule has 0 radical (unpaired) electrons. The number of ether oxygens (including phenoxy) is 1. The minimum atomic E-state index is -4.50. The molecule has 0 aliphatic rings. The van der Waals surface area contributed by atoms with Crippen LogP contribution in [0.1, 0.15) is 32.0 Å². The molecule has 0 spiro atoms. The number of hydrogen-bond donors (Lipinski definition) is 1. The largest absolute Gasteiger partial charge is 0.444 e. The minimum Gasteiger partial charge on any atom is -0.444 e. The minimum absolute atomic E-state index is 0.249. The number of alkyl carbamates (subject to hydrolysis) is 1. The van der Waals surface area contributed by atoms with Gasteiger partial charge in [-0.1, -0.05) is 0 Å². The Bertz CT molecular complexity index is 453. The summed E-state index contributed by atoms with van der Waals surface area (Å²) in [5.41, 5.74) is -1.83. The van der Waals surface area contributed by atoms with Crippen LogP contribution in [0.4, 0.5) is 18.0 Å². The zero-order valence-corrected chi connectivity index (χ0v) is 10.8. The smallest absolute Gasteiger partial charge is 0.418 e. The highest BCUT2D eigenvalue weighted by Gasteiger charge is 2.33. The van der Waals surface area contributed by atoms with Crippen LogP contribution < -0.4 is 5.32 Å². The SMILES string of the molecule is CC(C)(C)OC(=O)NCc1ncccc1C(F)(F)F. The molecule has 0 aromatic carbocycles. The van der Waals surface area contributed by atoms with Gasteiger partial charge in [0.1, 0.15) is 5.60 Å². The first kappa shape index (κ1) is 15.3. The van der Waals surface area contributed by atoms with E-state index in [1.54, 1.807) is 20.8 Å². The van der Waals surface area contributed by atoms with E-state index >= 15 is 0 Å².